The van der Waals surface area contributed by atoms with Crippen molar-refractivity contribution in [1.29, 1.82) is 5.26 Å². The zero-order valence-electron chi connectivity index (χ0n) is 24.2. The van der Waals surface area contributed by atoms with Gasteiger partial charge in [0, 0.05) is 26.2 Å². The number of benzene rings is 2. The summed E-state index contributed by atoms with van der Waals surface area (Å²) in [5.74, 6) is -0.771. The average Bonchev–Trinajstić information content (AvgIpc) is 3.59. The number of phenols is 1. The maximum absolute atomic E-state index is 14.9. The number of sulfonamides is 1. The van der Waals surface area contributed by atoms with E-state index in [2.05, 4.69) is 15.0 Å². The van der Waals surface area contributed by atoms with Crippen LogP contribution in [0.2, 0.25) is 0 Å². The van der Waals surface area contributed by atoms with Gasteiger partial charge in [-0.2, -0.15) is 9.57 Å². The summed E-state index contributed by atoms with van der Waals surface area (Å²) in [5.41, 5.74) is 0.0286. The number of nitrogens with one attached hydrogen (secondary N) is 2. The lowest BCUT2D eigenvalue weighted by atomic mass is 9.83. The standard InChI is InChI=1S/C29H37FN6O4S2/c1-28(2,3)41(38)34-29(27-18-32-20-35(27)4,22-10-9-21(17-31)26(30)15-22)12-6-13-33-23-11-14-36(19-23)42(39,40)25-8-5-7-24(37)16-25/h5,7-10,15-16,18,20,23,33-34,37H,6,11-14,19H2,1-4H3/t23-,29?,41?/m0/s1. The molecule has 0 radical (unpaired) electrons. The van der Waals surface area contributed by atoms with E-state index in [-0.39, 0.29) is 28.8 Å². The molecule has 0 aliphatic carbocycles. The molecule has 1 saturated heterocycles. The topological polar surface area (TPSA) is 140 Å². The van der Waals surface area contributed by atoms with E-state index in [0.29, 0.717) is 43.6 Å². The van der Waals surface area contributed by atoms with Gasteiger partial charge in [0.25, 0.3) is 0 Å². The van der Waals surface area contributed by atoms with E-state index >= 15 is 0 Å². The molecule has 2 unspecified atom stereocenters. The van der Waals surface area contributed by atoms with Crippen LogP contribution < -0.4 is 10.0 Å². The van der Waals surface area contributed by atoms with Crippen LogP contribution in [0.5, 0.6) is 5.75 Å². The Morgan fingerprint density at radius 3 is 2.62 bits per heavy atom. The maximum Gasteiger partial charge on any atom is 0.243 e. The van der Waals surface area contributed by atoms with Crippen LogP contribution in [0.1, 0.15) is 56.9 Å². The third kappa shape index (κ3) is 6.74. The highest BCUT2D eigenvalue weighted by Gasteiger charge is 2.41. The molecule has 13 heteroatoms. The Morgan fingerprint density at radius 1 is 1.24 bits per heavy atom. The number of aryl methyl sites for hydroxylation is 1. The molecule has 42 heavy (non-hydrogen) atoms. The molecule has 3 atom stereocenters. The highest BCUT2D eigenvalue weighted by atomic mass is 32.2. The minimum Gasteiger partial charge on any atom is -0.508 e. The molecule has 0 spiro atoms. The molecule has 2 heterocycles. The van der Waals surface area contributed by atoms with Crippen LogP contribution in [-0.2, 0) is 33.6 Å². The second-order valence-electron chi connectivity index (χ2n) is 11.5. The number of nitriles is 1. The Kier molecular flexibility index (Phi) is 9.54. The fourth-order valence-electron chi connectivity index (χ4n) is 5.10. The molecule has 3 N–H and O–H groups in total. The molecular formula is C29H37FN6O4S2. The quantitative estimate of drug-likeness (QED) is 0.281. The predicted octanol–water partition coefficient (Wildman–Crippen LogP) is 3.26. The van der Waals surface area contributed by atoms with Crippen molar-refractivity contribution in [3.8, 4) is 11.8 Å². The van der Waals surface area contributed by atoms with E-state index in [1.165, 1.54) is 40.7 Å². The first-order valence-corrected chi connectivity index (χ1v) is 16.3. The Balaban J connectivity index is 1.54. The van der Waals surface area contributed by atoms with Crippen molar-refractivity contribution in [1.82, 2.24) is 23.9 Å². The fourth-order valence-corrected chi connectivity index (χ4v) is 7.59. The number of aromatic nitrogens is 2. The van der Waals surface area contributed by atoms with Crippen LogP contribution in [0.15, 0.2) is 59.9 Å². The van der Waals surface area contributed by atoms with Crippen molar-refractivity contribution in [2.45, 2.75) is 61.3 Å². The van der Waals surface area contributed by atoms with Crippen molar-refractivity contribution in [3.63, 3.8) is 0 Å². The smallest absolute Gasteiger partial charge is 0.243 e. The first-order chi connectivity index (χ1) is 19.8. The fraction of sp³-hybridized carbons (Fsp3) is 0.448. The van der Waals surface area contributed by atoms with Crippen LogP contribution in [0.3, 0.4) is 0 Å². The van der Waals surface area contributed by atoms with E-state index in [1.54, 1.807) is 23.2 Å². The SMILES string of the molecule is Cn1cncc1C(CCCN[C@H]1CCN(S(=O)(=O)c2cccc(O)c2)C1)(NS(=O)C(C)(C)C)c1ccc(C#N)c(F)c1. The van der Waals surface area contributed by atoms with Crippen molar-refractivity contribution in [2.75, 3.05) is 19.6 Å². The van der Waals surface area contributed by atoms with Gasteiger partial charge in [-0.3, -0.25) is 0 Å². The van der Waals surface area contributed by atoms with Gasteiger partial charge in [-0.05, 0) is 82.5 Å². The molecule has 226 valence electrons. The largest absolute Gasteiger partial charge is 0.508 e. The van der Waals surface area contributed by atoms with Gasteiger partial charge in [-0.15, -0.1) is 0 Å². The summed E-state index contributed by atoms with van der Waals surface area (Å²) >= 11 is 0. The minimum atomic E-state index is -3.73. The summed E-state index contributed by atoms with van der Waals surface area (Å²) in [7, 11) is -3.46. The molecule has 1 aromatic heterocycles. The third-order valence-corrected chi connectivity index (χ3v) is 10.9. The summed E-state index contributed by atoms with van der Waals surface area (Å²) < 4.78 is 60.5. The van der Waals surface area contributed by atoms with Gasteiger partial charge in [-0.25, -0.2) is 26.7 Å². The summed E-state index contributed by atoms with van der Waals surface area (Å²) in [5, 5.41) is 22.5. The molecule has 1 aliphatic rings. The molecule has 1 fully saturated rings. The summed E-state index contributed by atoms with van der Waals surface area (Å²) in [6, 6.07) is 11.8. The molecule has 0 bridgehead atoms. The van der Waals surface area contributed by atoms with E-state index in [1.807, 2.05) is 33.9 Å². The number of imidazole rings is 1. The van der Waals surface area contributed by atoms with Crippen LogP contribution in [0.4, 0.5) is 4.39 Å². The molecular weight excluding hydrogens is 579 g/mol. The number of nitrogens with zero attached hydrogens (tertiary/aromatic N) is 4. The van der Waals surface area contributed by atoms with Crippen molar-refractivity contribution in [2.24, 2.45) is 7.05 Å². The van der Waals surface area contributed by atoms with E-state index in [4.69, 9.17) is 0 Å². The lowest BCUT2D eigenvalue weighted by Gasteiger charge is -2.37. The summed E-state index contributed by atoms with van der Waals surface area (Å²) in [4.78, 5) is 4.33. The van der Waals surface area contributed by atoms with Gasteiger partial charge in [0.05, 0.1) is 49.9 Å². The highest BCUT2D eigenvalue weighted by Crippen LogP contribution is 2.36. The van der Waals surface area contributed by atoms with Gasteiger partial charge in [0.15, 0.2) is 0 Å². The zero-order chi connectivity index (χ0) is 30.7. The van der Waals surface area contributed by atoms with E-state index < -0.39 is 37.1 Å². The monoisotopic (exact) mass is 616 g/mol. The number of halogens is 1. The van der Waals surface area contributed by atoms with Crippen LogP contribution >= 0.6 is 0 Å². The molecule has 1 aliphatic heterocycles. The first kappa shape index (κ1) is 31.8. The van der Waals surface area contributed by atoms with Gasteiger partial charge in [0.1, 0.15) is 17.6 Å². The molecule has 4 rings (SSSR count). The average molecular weight is 617 g/mol. The second-order valence-corrected chi connectivity index (χ2v) is 15.4. The predicted molar refractivity (Wildman–Crippen MR) is 159 cm³/mol. The number of rotatable bonds is 11. The minimum absolute atomic E-state index is 0.0525. The molecule has 0 amide bonds. The van der Waals surface area contributed by atoms with Crippen LogP contribution in [0, 0.1) is 17.1 Å². The third-order valence-electron chi connectivity index (χ3n) is 7.43. The number of phenolic OH excluding ortho intramolecular Hbond substituents is 1. The lowest BCUT2D eigenvalue weighted by Crippen LogP contribution is -2.50. The van der Waals surface area contributed by atoms with Gasteiger partial charge >= 0.3 is 0 Å². The van der Waals surface area contributed by atoms with Gasteiger partial charge < -0.3 is 15.0 Å². The molecule has 10 nitrogen and oxygen atoms in total. The van der Waals surface area contributed by atoms with Crippen molar-refractivity contribution < 1.29 is 22.1 Å². The van der Waals surface area contributed by atoms with Crippen molar-refractivity contribution >= 4 is 21.0 Å². The lowest BCUT2D eigenvalue weighted by molar-refractivity contribution is 0.389. The van der Waals surface area contributed by atoms with E-state index in [0.717, 1.165) is 0 Å². The zero-order valence-corrected chi connectivity index (χ0v) is 25.8. The Morgan fingerprint density at radius 2 is 2.00 bits per heavy atom. The normalized spacial score (nSPS) is 18.4. The number of aromatic hydroxyl groups is 1. The summed E-state index contributed by atoms with van der Waals surface area (Å²) in [6.07, 6.45) is 4.89. The second kappa shape index (κ2) is 12.6. The van der Waals surface area contributed by atoms with E-state index in [9.17, 15) is 27.4 Å². The number of hydrogen-bond acceptors (Lipinski definition) is 7. The first-order valence-electron chi connectivity index (χ1n) is 13.7. The Bertz CT molecular complexity index is 1600. The Labute approximate surface area is 249 Å². The summed E-state index contributed by atoms with van der Waals surface area (Å²) in [6.45, 7) is 6.71. The van der Waals surface area contributed by atoms with Gasteiger partial charge in [0.2, 0.25) is 10.0 Å². The maximum atomic E-state index is 14.9. The van der Waals surface area contributed by atoms with Crippen molar-refractivity contribution in [3.05, 3.63) is 77.6 Å². The Hall–Kier alpha value is -3.15. The molecule has 2 aromatic carbocycles. The molecule has 3 aromatic rings. The highest BCUT2D eigenvalue weighted by molar-refractivity contribution is 7.89. The molecule has 0 saturated carbocycles. The number of hydrogen-bond donors (Lipinski definition) is 3. The van der Waals surface area contributed by atoms with Gasteiger partial charge in [-0.1, -0.05) is 12.1 Å². The van der Waals surface area contributed by atoms with Crippen LogP contribution in [-0.4, -0.2) is 62.0 Å². The van der Waals surface area contributed by atoms with Crippen LogP contribution in [0.25, 0.3) is 0 Å².